The Bertz CT molecular complexity index is 549. The summed E-state index contributed by atoms with van der Waals surface area (Å²) in [4.78, 5) is 12.6. The molecule has 0 aliphatic carbocycles. The van der Waals surface area contributed by atoms with Crippen LogP contribution in [-0.2, 0) is 6.18 Å². The molecule has 0 atom stereocenters. The van der Waals surface area contributed by atoms with Crippen molar-refractivity contribution >= 4 is 16.9 Å². The van der Waals surface area contributed by atoms with Crippen LogP contribution in [0.15, 0.2) is 12.4 Å². The highest BCUT2D eigenvalue weighted by atomic mass is 19.4. The van der Waals surface area contributed by atoms with E-state index in [-0.39, 0.29) is 16.9 Å². The van der Waals surface area contributed by atoms with Crippen LogP contribution >= 0.6 is 0 Å². The highest BCUT2D eigenvalue weighted by Gasteiger charge is 2.34. The molecule has 2 aromatic rings. The lowest BCUT2D eigenvalue weighted by molar-refractivity contribution is -0.140. The summed E-state index contributed by atoms with van der Waals surface area (Å²) in [6, 6.07) is 0.876. The Balaban J connectivity index is 2.72. The molecule has 2 aromatic heterocycles. The van der Waals surface area contributed by atoms with Gasteiger partial charge in [0.2, 0.25) is 6.33 Å². The van der Waals surface area contributed by atoms with Crippen molar-refractivity contribution in [1.29, 1.82) is 0 Å². The smallest absolute Gasteiger partial charge is 0.335 e. The van der Waals surface area contributed by atoms with Gasteiger partial charge in [-0.2, -0.15) is 23.0 Å². The fraction of sp³-hybridized carbons (Fsp3) is 0.125. The molecule has 0 aliphatic rings. The third-order valence-corrected chi connectivity index (χ3v) is 1.83. The molecular formula is C8H4F3N4+. The Kier molecular flexibility index (Phi) is 1.86. The number of H-pyrrole nitrogens is 1. The van der Waals surface area contributed by atoms with E-state index < -0.39 is 11.9 Å². The highest BCUT2D eigenvalue weighted by molar-refractivity contribution is 5.88. The lowest BCUT2D eigenvalue weighted by Gasteiger charge is -2.00. The fourth-order valence-corrected chi connectivity index (χ4v) is 1.18. The summed E-state index contributed by atoms with van der Waals surface area (Å²) in [5.74, 6) is 0.0201. The molecule has 2 rings (SSSR count). The maximum absolute atomic E-state index is 12.3. The lowest BCUT2D eigenvalue weighted by Crippen LogP contribution is -2.04. The number of hydrogen-bond donors (Lipinski definition) is 1. The number of halogens is 3. The molecule has 0 aliphatic heterocycles. The zero-order valence-electron chi connectivity index (χ0n) is 7.21. The molecule has 0 aromatic carbocycles. The summed E-state index contributed by atoms with van der Waals surface area (Å²) in [6.45, 7) is 4.97. The minimum Gasteiger partial charge on any atom is -0.335 e. The van der Waals surface area contributed by atoms with Gasteiger partial charge in [-0.3, -0.25) is 0 Å². The largest absolute Gasteiger partial charge is 0.437 e. The van der Waals surface area contributed by atoms with Crippen LogP contribution in [0.2, 0.25) is 0 Å². The van der Waals surface area contributed by atoms with Gasteiger partial charge in [0.1, 0.15) is 17.7 Å². The zero-order chi connectivity index (χ0) is 11.1. The Labute approximate surface area is 81.6 Å². The van der Waals surface area contributed by atoms with Gasteiger partial charge >= 0.3 is 12.0 Å². The first kappa shape index (κ1) is 9.45. The summed E-state index contributed by atoms with van der Waals surface area (Å²) in [7, 11) is 0. The minimum atomic E-state index is -4.45. The molecule has 7 heteroatoms. The van der Waals surface area contributed by atoms with E-state index in [0.29, 0.717) is 0 Å². The molecule has 0 amide bonds. The van der Waals surface area contributed by atoms with E-state index >= 15 is 0 Å². The molecule has 15 heavy (non-hydrogen) atoms. The molecular weight excluding hydrogens is 209 g/mol. The van der Waals surface area contributed by atoms with E-state index in [1.165, 1.54) is 0 Å². The number of nitrogens with zero attached hydrogens (tertiary/aromatic N) is 3. The number of alkyl halides is 3. The first-order valence-corrected chi connectivity index (χ1v) is 3.84. The van der Waals surface area contributed by atoms with Crippen LogP contribution in [0.3, 0.4) is 0 Å². The van der Waals surface area contributed by atoms with Crippen LogP contribution in [0, 0.1) is 6.57 Å². The van der Waals surface area contributed by atoms with Gasteiger partial charge in [-0.1, -0.05) is 0 Å². The molecule has 0 saturated heterocycles. The minimum absolute atomic E-state index is 0.0201. The van der Waals surface area contributed by atoms with Crippen molar-refractivity contribution in [3.63, 3.8) is 0 Å². The first-order chi connectivity index (χ1) is 7.02. The lowest BCUT2D eigenvalue weighted by atomic mass is 10.3. The van der Waals surface area contributed by atoms with E-state index in [1.807, 2.05) is 0 Å². The average molecular weight is 213 g/mol. The molecule has 0 radical (unpaired) electrons. The molecule has 0 unspecified atom stereocenters. The number of fused-ring (bicyclic) bond motifs is 1. The van der Waals surface area contributed by atoms with Crippen molar-refractivity contribution < 1.29 is 13.2 Å². The van der Waals surface area contributed by atoms with Gasteiger partial charge in [0.15, 0.2) is 5.65 Å². The quantitative estimate of drug-likeness (QED) is 0.730. The van der Waals surface area contributed by atoms with E-state index in [0.717, 1.165) is 12.4 Å². The third kappa shape index (κ3) is 1.50. The van der Waals surface area contributed by atoms with Gasteiger partial charge in [-0.05, 0) is 11.1 Å². The van der Waals surface area contributed by atoms with Crippen LogP contribution in [0.25, 0.3) is 15.9 Å². The van der Waals surface area contributed by atoms with E-state index in [2.05, 4.69) is 19.8 Å². The van der Waals surface area contributed by atoms with E-state index in [4.69, 9.17) is 6.57 Å². The SMILES string of the molecule is C#[N+]c1ncnc2[nH]c(C(F)(F)F)cc12. The van der Waals surface area contributed by atoms with Crippen molar-refractivity contribution in [1.82, 2.24) is 15.0 Å². The second-order valence-electron chi connectivity index (χ2n) is 2.77. The van der Waals surface area contributed by atoms with Crippen molar-refractivity contribution in [2.75, 3.05) is 0 Å². The molecule has 0 fully saturated rings. The van der Waals surface area contributed by atoms with Gasteiger partial charge in [0, 0.05) is 0 Å². The Morgan fingerprint density at radius 3 is 2.67 bits per heavy atom. The van der Waals surface area contributed by atoms with Gasteiger partial charge in [-0.25, -0.2) is 0 Å². The molecule has 0 spiro atoms. The molecule has 0 saturated carbocycles. The number of aromatic nitrogens is 3. The highest BCUT2D eigenvalue weighted by Crippen LogP contribution is 2.32. The predicted molar refractivity (Wildman–Crippen MR) is 46.9 cm³/mol. The zero-order valence-corrected chi connectivity index (χ0v) is 7.21. The normalized spacial score (nSPS) is 11.6. The maximum Gasteiger partial charge on any atom is 0.437 e. The van der Waals surface area contributed by atoms with E-state index in [1.54, 1.807) is 0 Å². The van der Waals surface area contributed by atoms with Gasteiger partial charge in [-0.15, -0.1) is 0 Å². The predicted octanol–water partition coefficient (Wildman–Crippen LogP) is 2.57. The van der Waals surface area contributed by atoms with Crippen molar-refractivity contribution in [3.8, 4) is 6.57 Å². The van der Waals surface area contributed by atoms with Crippen molar-refractivity contribution in [2.24, 2.45) is 0 Å². The van der Waals surface area contributed by atoms with Crippen molar-refractivity contribution in [2.45, 2.75) is 6.18 Å². The molecule has 2 heterocycles. The van der Waals surface area contributed by atoms with Crippen LogP contribution in [-0.4, -0.2) is 15.0 Å². The maximum atomic E-state index is 12.3. The summed E-state index contributed by atoms with van der Waals surface area (Å²) in [5, 5.41) is 0.146. The molecule has 76 valence electrons. The third-order valence-electron chi connectivity index (χ3n) is 1.83. The summed E-state index contributed by atoms with van der Waals surface area (Å²) >= 11 is 0. The Hall–Kier alpha value is -2.10. The van der Waals surface area contributed by atoms with E-state index in [9.17, 15) is 13.2 Å². The number of aromatic amines is 1. The Morgan fingerprint density at radius 2 is 2.07 bits per heavy atom. The van der Waals surface area contributed by atoms with Crippen LogP contribution in [0.4, 0.5) is 19.0 Å². The van der Waals surface area contributed by atoms with Gasteiger partial charge < -0.3 is 4.98 Å². The van der Waals surface area contributed by atoms with Crippen LogP contribution in [0.5, 0.6) is 0 Å². The molecule has 0 bridgehead atoms. The molecule has 1 N–H and O–H groups in total. The fourth-order valence-electron chi connectivity index (χ4n) is 1.18. The Morgan fingerprint density at radius 1 is 1.33 bits per heavy atom. The number of nitrogens with one attached hydrogen (secondary N) is 1. The second kappa shape index (κ2) is 2.95. The van der Waals surface area contributed by atoms with Gasteiger partial charge in [0.25, 0.3) is 0 Å². The summed E-state index contributed by atoms with van der Waals surface area (Å²) < 4.78 is 37.0. The van der Waals surface area contributed by atoms with Crippen molar-refractivity contribution in [3.05, 3.63) is 22.9 Å². The topological polar surface area (TPSA) is 45.9 Å². The second-order valence-corrected chi connectivity index (χ2v) is 2.77. The monoisotopic (exact) mass is 213 g/mol. The number of hydrogen-bond acceptors (Lipinski definition) is 2. The molecule has 4 nitrogen and oxygen atoms in total. The van der Waals surface area contributed by atoms with Gasteiger partial charge in [0.05, 0.1) is 0 Å². The average Bonchev–Trinajstić information content (AvgIpc) is 2.59. The van der Waals surface area contributed by atoms with Crippen LogP contribution in [0.1, 0.15) is 5.69 Å². The summed E-state index contributed by atoms with van der Waals surface area (Å²) in [5.41, 5.74) is -0.843. The standard InChI is InChI=1S/C8H4F3N4/c1-12-6-4-2-5(8(9,10)11)15-7(4)14-3-13-6/h1-3H,(H,13,14,15)/q+1. The number of rotatable bonds is 0. The summed E-state index contributed by atoms with van der Waals surface area (Å²) in [6.07, 6.45) is -3.36. The van der Waals surface area contributed by atoms with Crippen LogP contribution < -0.4 is 0 Å². The first-order valence-electron chi connectivity index (χ1n) is 3.84.